The number of amides is 1. The van der Waals surface area contributed by atoms with Crippen LogP contribution in [0, 0.1) is 5.82 Å². The number of halogens is 1. The molecular formula is C17H19FN2O2. The van der Waals surface area contributed by atoms with E-state index in [4.69, 9.17) is 4.52 Å². The third-order valence-corrected chi connectivity index (χ3v) is 4.05. The van der Waals surface area contributed by atoms with Gasteiger partial charge >= 0.3 is 0 Å². The first-order valence-corrected chi connectivity index (χ1v) is 7.70. The number of aromatic nitrogens is 1. The molecule has 0 N–H and O–H groups in total. The Hall–Kier alpha value is -2.17. The minimum absolute atomic E-state index is 0.179. The molecule has 4 nitrogen and oxygen atoms in total. The summed E-state index contributed by atoms with van der Waals surface area (Å²) in [6, 6.07) is 6.20. The summed E-state index contributed by atoms with van der Waals surface area (Å²) >= 11 is 0. The zero-order valence-corrected chi connectivity index (χ0v) is 12.6. The van der Waals surface area contributed by atoms with Gasteiger partial charge in [-0.1, -0.05) is 18.5 Å². The summed E-state index contributed by atoms with van der Waals surface area (Å²) in [6.45, 7) is 3.27. The maximum absolute atomic E-state index is 13.0. The Bertz CT molecular complexity index is 664. The number of unbranched alkanes of at least 4 members (excludes halogenated alkanes) is 1. The van der Waals surface area contributed by atoms with Crippen LogP contribution in [0.3, 0.4) is 0 Å². The number of hydrogen-bond acceptors (Lipinski definition) is 3. The quantitative estimate of drug-likeness (QED) is 0.867. The van der Waals surface area contributed by atoms with Crippen LogP contribution in [-0.2, 0) is 17.8 Å². The molecule has 0 atom stereocenters. The second kappa shape index (κ2) is 6.30. The van der Waals surface area contributed by atoms with Crippen molar-refractivity contribution < 1.29 is 13.7 Å². The second-order valence-electron chi connectivity index (χ2n) is 5.61. The first kappa shape index (κ1) is 14.8. The Morgan fingerprint density at radius 1 is 1.36 bits per heavy atom. The molecule has 2 aromatic rings. The topological polar surface area (TPSA) is 46.3 Å². The molecule has 1 aromatic heterocycles. The van der Waals surface area contributed by atoms with E-state index < -0.39 is 0 Å². The van der Waals surface area contributed by atoms with Gasteiger partial charge in [-0.2, -0.15) is 0 Å². The molecule has 3 rings (SSSR count). The normalized spacial score (nSPS) is 14.0. The highest BCUT2D eigenvalue weighted by molar-refractivity contribution is 5.76. The summed E-state index contributed by atoms with van der Waals surface area (Å²) in [6.07, 6.45) is 3.25. The highest BCUT2D eigenvalue weighted by Crippen LogP contribution is 2.30. The van der Waals surface area contributed by atoms with Crippen molar-refractivity contribution in [2.45, 2.75) is 39.2 Å². The predicted octanol–water partition coefficient (Wildman–Crippen LogP) is 3.56. The van der Waals surface area contributed by atoms with Crippen LogP contribution in [0.25, 0.3) is 11.3 Å². The number of fused-ring (bicyclic) bond motifs is 1. The van der Waals surface area contributed by atoms with Gasteiger partial charge < -0.3 is 9.42 Å². The molecule has 0 unspecified atom stereocenters. The fraction of sp³-hybridized carbons (Fsp3) is 0.412. The van der Waals surface area contributed by atoms with Gasteiger partial charge in [0.1, 0.15) is 11.5 Å². The van der Waals surface area contributed by atoms with Gasteiger partial charge in [0.2, 0.25) is 5.91 Å². The van der Waals surface area contributed by atoms with Crippen LogP contribution in [0.5, 0.6) is 0 Å². The number of benzene rings is 1. The lowest BCUT2D eigenvalue weighted by molar-refractivity contribution is -0.132. The zero-order chi connectivity index (χ0) is 15.5. The Labute approximate surface area is 128 Å². The maximum atomic E-state index is 13.0. The Morgan fingerprint density at radius 3 is 2.86 bits per heavy atom. The molecule has 116 valence electrons. The van der Waals surface area contributed by atoms with Crippen LogP contribution < -0.4 is 0 Å². The third-order valence-electron chi connectivity index (χ3n) is 4.05. The van der Waals surface area contributed by atoms with Crippen molar-refractivity contribution in [3.8, 4) is 11.3 Å². The highest BCUT2D eigenvalue weighted by Gasteiger charge is 2.26. The van der Waals surface area contributed by atoms with Gasteiger partial charge in [-0.25, -0.2) is 4.39 Å². The smallest absolute Gasteiger partial charge is 0.222 e. The maximum Gasteiger partial charge on any atom is 0.222 e. The fourth-order valence-corrected chi connectivity index (χ4v) is 2.76. The third kappa shape index (κ3) is 2.89. The average Bonchev–Trinajstić information content (AvgIpc) is 2.96. The monoisotopic (exact) mass is 302 g/mol. The Kier molecular flexibility index (Phi) is 4.22. The molecule has 0 radical (unpaired) electrons. The van der Waals surface area contributed by atoms with Gasteiger partial charge in [0.25, 0.3) is 0 Å². The molecular weight excluding hydrogens is 283 g/mol. The van der Waals surface area contributed by atoms with Crippen molar-refractivity contribution in [3.05, 3.63) is 41.3 Å². The van der Waals surface area contributed by atoms with Crippen molar-refractivity contribution in [1.82, 2.24) is 10.1 Å². The summed E-state index contributed by atoms with van der Waals surface area (Å²) in [7, 11) is 0. The fourth-order valence-electron chi connectivity index (χ4n) is 2.76. The molecule has 1 aliphatic rings. The van der Waals surface area contributed by atoms with Crippen LogP contribution in [0.15, 0.2) is 28.8 Å². The summed E-state index contributed by atoms with van der Waals surface area (Å²) in [4.78, 5) is 13.9. The summed E-state index contributed by atoms with van der Waals surface area (Å²) in [5, 5.41) is 4.11. The first-order valence-electron chi connectivity index (χ1n) is 7.70. The molecule has 0 saturated heterocycles. The van der Waals surface area contributed by atoms with Crippen LogP contribution in [0.2, 0.25) is 0 Å². The van der Waals surface area contributed by atoms with Crippen LogP contribution in [0.4, 0.5) is 4.39 Å². The Morgan fingerprint density at radius 2 is 2.14 bits per heavy atom. The van der Waals surface area contributed by atoms with Gasteiger partial charge in [0, 0.05) is 24.1 Å². The lowest BCUT2D eigenvalue weighted by Gasteiger charge is -2.26. The van der Waals surface area contributed by atoms with E-state index in [-0.39, 0.29) is 11.7 Å². The van der Waals surface area contributed by atoms with Crippen molar-refractivity contribution in [3.63, 3.8) is 0 Å². The van der Waals surface area contributed by atoms with Crippen LogP contribution >= 0.6 is 0 Å². The van der Waals surface area contributed by atoms with E-state index in [0.29, 0.717) is 25.3 Å². The number of nitrogens with zero attached hydrogens (tertiary/aromatic N) is 2. The largest absolute Gasteiger partial charge is 0.356 e. The molecule has 22 heavy (non-hydrogen) atoms. The van der Waals surface area contributed by atoms with E-state index in [0.717, 1.165) is 36.1 Å². The van der Waals surface area contributed by atoms with E-state index in [1.54, 1.807) is 12.1 Å². The Balaban J connectivity index is 1.77. The zero-order valence-electron chi connectivity index (χ0n) is 12.6. The van der Waals surface area contributed by atoms with Crippen molar-refractivity contribution in [2.75, 3.05) is 6.54 Å². The van der Waals surface area contributed by atoms with E-state index >= 15 is 0 Å². The molecule has 1 amide bonds. The van der Waals surface area contributed by atoms with Gasteiger partial charge in [-0.05, 0) is 37.1 Å². The number of carbonyl (C=O) groups is 1. The molecule has 1 aliphatic heterocycles. The lowest BCUT2D eigenvalue weighted by atomic mass is 10.0. The molecule has 0 fully saturated rings. The van der Waals surface area contributed by atoms with Gasteiger partial charge in [0.15, 0.2) is 5.76 Å². The number of carbonyl (C=O) groups excluding carboxylic acids is 1. The van der Waals surface area contributed by atoms with Gasteiger partial charge in [-0.3, -0.25) is 4.79 Å². The van der Waals surface area contributed by atoms with E-state index in [1.807, 2.05) is 4.90 Å². The van der Waals surface area contributed by atoms with Crippen molar-refractivity contribution in [2.24, 2.45) is 0 Å². The lowest BCUT2D eigenvalue weighted by Crippen LogP contribution is -2.35. The molecule has 0 aliphatic carbocycles. The molecule has 2 heterocycles. The van der Waals surface area contributed by atoms with Gasteiger partial charge in [0.05, 0.1) is 6.54 Å². The molecule has 0 saturated carbocycles. The predicted molar refractivity (Wildman–Crippen MR) is 80.5 cm³/mol. The number of hydrogen-bond donors (Lipinski definition) is 0. The summed E-state index contributed by atoms with van der Waals surface area (Å²) in [5.74, 6) is 0.597. The van der Waals surface area contributed by atoms with Crippen LogP contribution in [0.1, 0.15) is 37.4 Å². The average molecular weight is 302 g/mol. The second-order valence-corrected chi connectivity index (χ2v) is 5.61. The van der Waals surface area contributed by atoms with Crippen molar-refractivity contribution >= 4 is 5.91 Å². The summed E-state index contributed by atoms with van der Waals surface area (Å²) < 4.78 is 18.5. The minimum atomic E-state index is -0.273. The molecule has 1 aromatic carbocycles. The molecule has 5 heteroatoms. The molecule has 0 spiro atoms. The van der Waals surface area contributed by atoms with Crippen molar-refractivity contribution in [1.29, 1.82) is 0 Å². The van der Waals surface area contributed by atoms with E-state index in [9.17, 15) is 9.18 Å². The minimum Gasteiger partial charge on any atom is -0.356 e. The summed E-state index contributed by atoms with van der Waals surface area (Å²) in [5.41, 5.74) is 2.67. The SMILES string of the molecule is CCCCC(=O)N1CCc2c(noc2-c2ccc(F)cc2)C1. The standard InChI is InChI=1S/C17H19FN2O2/c1-2-3-4-16(21)20-10-9-14-15(11-20)19-22-17(14)12-5-7-13(18)8-6-12/h5-8H,2-4,9-11H2,1H3. The van der Waals surface area contributed by atoms with E-state index in [1.165, 1.54) is 12.1 Å². The van der Waals surface area contributed by atoms with Crippen LogP contribution in [-0.4, -0.2) is 22.5 Å². The number of rotatable bonds is 4. The van der Waals surface area contributed by atoms with E-state index in [2.05, 4.69) is 12.1 Å². The first-order chi connectivity index (χ1) is 10.7. The highest BCUT2D eigenvalue weighted by atomic mass is 19.1. The molecule has 0 bridgehead atoms. The van der Waals surface area contributed by atoms with Gasteiger partial charge in [-0.15, -0.1) is 0 Å².